The van der Waals surface area contributed by atoms with Gasteiger partial charge in [-0.05, 0) is 78.1 Å². The van der Waals surface area contributed by atoms with Crippen molar-refractivity contribution in [3.8, 4) is 0 Å². The summed E-state index contributed by atoms with van der Waals surface area (Å²) in [6, 6.07) is 0. The van der Waals surface area contributed by atoms with E-state index in [2.05, 4.69) is 26.1 Å². The van der Waals surface area contributed by atoms with E-state index in [1.807, 2.05) is 34.6 Å². The van der Waals surface area contributed by atoms with Crippen molar-refractivity contribution in [2.45, 2.75) is 117 Å². The molecule has 0 aromatic carbocycles. The van der Waals surface area contributed by atoms with E-state index in [9.17, 15) is 9.59 Å². The zero-order chi connectivity index (χ0) is 21.9. The molecule has 0 saturated heterocycles. The van der Waals surface area contributed by atoms with Crippen LogP contribution >= 0.6 is 0 Å². The highest BCUT2D eigenvalue weighted by Crippen LogP contribution is 2.59. The van der Waals surface area contributed by atoms with Crippen LogP contribution in [0, 0.1) is 22.7 Å². The van der Waals surface area contributed by atoms with Gasteiger partial charge < -0.3 is 14.8 Å². The summed E-state index contributed by atoms with van der Waals surface area (Å²) in [7, 11) is 0. The third kappa shape index (κ3) is 4.29. The van der Waals surface area contributed by atoms with E-state index in [0.717, 1.165) is 32.1 Å². The van der Waals surface area contributed by atoms with Crippen molar-refractivity contribution in [1.82, 2.24) is 5.32 Å². The van der Waals surface area contributed by atoms with Crippen LogP contribution in [0.15, 0.2) is 0 Å². The fourth-order valence-electron chi connectivity index (χ4n) is 5.55. The van der Waals surface area contributed by atoms with E-state index in [-0.39, 0.29) is 23.0 Å². The number of hydrogen-bond donors (Lipinski definition) is 1. The summed E-state index contributed by atoms with van der Waals surface area (Å²) in [4.78, 5) is 25.8. The Hall–Kier alpha value is -1.26. The highest BCUT2D eigenvalue weighted by Gasteiger charge is 2.61. The van der Waals surface area contributed by atoms with Gasteiger partial charge in [0.2, 0.25) is 0 Å². The molecule has 4 fully saturated rings. The highest BCUT2D eigenvalue weighted by molar-refractivity contribution is 5.76. The van der Waals surface area contributed by atoms with Crippen LogP contribution in [-0.4, -0.2) is 28.8 Å². The zero-order valence-corrected chi connectivity index (χ0v) is 19.7. The minimum absolute atomic E-state index is 0.103. The quantitative estimate of drug-likeness (QED) is 0.602. The van der Waals surface area contributed by atoms with Crippen LogP contribution in [0.4, 0.5) is 4.79 Å². The fourth-order valence-corrected chi connectivity index (χ4v) is 5.55. The average molecular weight is 408 g/mol. The van der Waals surface area contributed by atoms with Gasteiger partial charge in [0.1, 0.15) is 11.2 Å². The lowest BCUT2D eigenvalue weighted by Gasteiger charge is -2.61. The normalized spacial score (nSPS) is 34.1. The maximum absolute atomic E-state index is 12.9. The lowest BCUT2D eigenvalue weighted by Crippen LogP contribution is -2.67. The number of hydrogen-bond acceptors (Lipinski definition) is 4. The molecule has 0 radical (unpaired) electrons. The first-order valence-electron chi connectivity index (χ1n) is 11.4. The summed E-state index contributed by atoms with van der Waals surface area (Å²) in [6.45, 7) is 16.1. The van der Waals surface area contributed by atoms with Gasteiger partial charge in [0.25, 0.3) is 0 Å². The van der Waals surface area contributed by atoms with Crippen LogP contribution in [0.2, 0.25) is 0 Å². The fraction of sp³-hybridized carbons (Fsp3) is 0.917. The highest BCUT2D eigenvalue weighted by atomic mass is 16.6. The first-order chi connectivity index (χ1) is 13.1. The lowest BCUT2D eigenvalue weighted by atomic mass is 9.51. The van der Waals surface area contributed by atoms with Crippen LogP contribution in [0.1, 0.15) is 100 Å². The number of esters is 1. The van der Waals surface area contributed by atoms with E-state index >= 15 is 0 Å². The maximum atomic E-state index is 12.9. The number of rotatable bonds is 5. The van der Waals surface area contributed by atoms with Crippen LogP contribution in [0.25, 0.3) is 0 Å². The van der Waals surface area contributed by atoms with Gasteiger partial charge in [0.05, 0.1) is 5.41 Å². The zero-order valence-electron chi connectivity index (χ0n) is 19.7. The Bertz CT molecular complexity index is 659. The van der Waals surface area contributed by atoms with E-state index < -0.39 is 16.6 Å². The Morgan fingerprint density at radius 1 is 0.966 bits per heavy atom. The molecule has 1 amide bonds. The molecule has 0 aromatic heterocycles. The third-order valence-corrected chi connectivity index (χ3v) is 8.27. The summed E-state index contributed by atoms with van der Waals surface area (Å²) in [5.74, 6) is 0.906. The van der Waals surface area contributed by atoms with E-state index in [4.69, 9.17) is 9.47 Å². The Morgan fingerprint density at radius 2 is 1.52 bits per heavy atom. The summed E-state index contributed by atoms with van der Waals surface area (Å²) in [5, 5.41) is 3.25. The standard InChI is InChI=1S/C24H41NO4/c1-9-21(5,6)18(26)28-24-13-16-10-17(14-24)12-23(11-16,15-24)25-19(27)29-22(7,8)20(2,3)4/h16-17H,9-15H2,1-8H3,(H,25,27). The van der Waals surface area contributed by atoms with Crippen LogP contribution in [0.5, 0.6) is 0 Å². The maximum Gasteiger partial charge on any atom is 0.408 e. The molecule has 4 aliphatic carbocycles. The number of amides is 1. The molecular formula is C24H41NO4. The molecule has 166 valence electrons. The Kier molecular flexibility index (Phi) is 5.32. The van der Waals surface area contributed by atoms with E-state index in [0.29, 0.717) is 18.3 Å². The summed E-state index contributed by atoms with van der Waals surface area (Å²) in [5.41, 5.74) is -1.95. The minimum atomic E-state index is -0.575. The molecule has 5 nitrogen and oxygen atoms in total. The van der Waals surface area contributed by atoms with Crippen molar-refractivity contribution in [3.63, 3.8) is 0 Å². The van der Waals surface area contributed by atoms with Gasteiger partial charge in [-0.25, -0.2) is 4.79 Å². The molecule has 0 heterocycles. The number of ether oxygens (including phenoxy) is 2. The second kappa shape index (κ2) is 6.88. The Labute approximate surface area is 176 Å². The summed E-state index contributed by atoms with van der Waals surface area (Å²) in [6.07, 6.45) is 6.10. The van der Waals surface area contributed by atoms with Crippen LogP contribution in [-0.2, 0) is 14.3 Å². The van der Waals surface area contributed by atoms with Crippen molar-refractivity contribution < 1.29 is 19.1 Å². The first-order valence-corrected chi connectivity index (χ1v) is 11.4. The van der Waals surface area contributed by atoms with Gasteiger partial charge in [0.15, 0.2) is 0 Å². The van der Waals surface area contributed by atoms with Crippen molar-refractivity contribution in [1.29, 1.82) is 0 Å². The predicted octanol–water partition coefficient (Wildman–Crippen LogP) is 5.61. The van der Waals surface area contributed by atoms with Gasteiger partial charge in [-0.2, -0.15) is 0 Å². The van der Waals surface area contributed by atoms with Gasteiger partial charge in [-0.15, -0.1) is 0 Å². The molecular weight excluding hydrogens is 366 g/mol. The van der Waals surface area contributed by atoms with Crippen LogP contribution in [0.3, 0.4) is 0 Å². The summed E-state index contributed by atoms with van der Waals surface area (Å²) < 4.78 is 12.1. The predicted molar refractivity (Wildman–Crippen MR) is 113 cm³/mol. The Balaban J connectivity index is 1.75. The van der Waals surface area contributed by atoms with Gasteiger partial charge >= 0.3 is 12.1 Å². The molecule has 0 aromatic rings. The molecule has 0 aliphatic heterocycles. The molecule has 2 atom stereocenters. The Morgan fingerprint density at radius 3 is 2.00 bits per heavy atom. The second-order valence-corrected chi connectivity index (χ2v) is 12.3. The van der Waals surface area contributed by atoms with Gasteiger partial charge in [-0.1, -0.05) is 27.7 Å². The third-order valence-electron chi connectivity index (χ3n) is 8.27. The molecule has 5 heteroatoms. The van der Waals surface area contributed by atoms with Crippen molar-refractivity contribution in [2.24, 2.45) is 22.7 Å². The number of alkyl carbamates (subject to hydrolysis) is 1. The van der Waals surface area contributed by atoms with E-state index in [1.165, 1.54) is 6.42 Å². The second-order valence-electron chi connectivity index (χ2n) is 12.3. The monoisotopic (exact) mass is 407 g/mol. The van der Waals surface area contributed by atoms with Crippen molar-refractivity contribution >= 4 is 12.1 Å². The number of carbonyl (C=O) groups excluding carboxylic acids is 2. The van der Waals surface area contributed by atoms with Gasteiger partial charge in [0, 0.05) is 17.4 Å². The molecule has 2 unspecified atom stereocenters. The first kappa shape index (κ1) is 22.4. The number of carbonyl (C=O) groups is 2. The SMILES string of the molecule is CCC(C)(C)C(=O)OC12CC3CC(CC(NC(=O)OC(C)(C)C(C)(C)C)(C3)C1)C2. The minimum Gasteiger partial charge on any atom is -0.459 e. The smallest absolute Gasteiger partial charge is 0.408 e. The number of nitrogens with one attached hydrogen (secondary N) is 1. The molecule has 4 rings (SSSR count). The molecule has 4 saturated carbocycles. The molecule has 4 bridgehead atoms. The van der Waals surface area contributed by atoms with Crippen LogP contribution < -0.4 is 5.32 Å². The van der Waals surface area contributed by atoms with Crippen molar-refractivity contribution in [2.75, 3.05) is 0 Å². The topological polar surface area (TPSA) is 64.6 Å². The van der Waals surface area contributed by atoms with Gasteiger partial charge in [-0.3, -0.25) is 4.79 Å². The largest absolute Gasteiger partial charge is 0.459 e. The molecule has 1 N–H and O–H groups in total. The average Bonchev–Trinajstić information content (AvgIpc) is 2.50. The lowest BCUT2D eigenvalue weighted by molar-refractivity contribution is -0.200. The molecule has 4 aliphatic rings. The molecule has 0 spiro atoms. The molecule has 29 heavy (non-hydrogen) atoms. The summed E-state index contributed by atoms with van der Waals surface area (Å²) >= 11 is 0. The van der Waals surface area contributed by atoms with E-state index in [1.54, 1.807) is 0 Å². The van der Waals surface area contributed by atoms with Crippen molar-refractivity contribution in [3.05, 3.63) is 0 Å².